The first-order valence-electron chi connectivity index (χ1n) is 15.3. The molecular formula is C37H29F3N4O6. The molecule has 3 amide bonds. The molecule has 50 heavy (non-hydrogen) atoms. The molecule has 0 aromatic heterocycles. The summed E-state index contributed by atoms with van der Waals surface area (Å²) < 4.78 is 43.4. The summed E-state index contributed by atoms with van der Waals surface area (Å²) in [4.78, 5) is 69.2. The van der Waals surface area contributed by atoms with Crippen molar-refractivity contribution in [2.24, 2.45) is 5.73 Å². The van der Waals surface area contributed by atoms with Crippen molar-refractivity contribution in [2.45, 2.75) is 24.7 Å². The third-order valence-electron chi connectivity index (χ3n) is 7.63. The monoisotopic (exact) mass is 682 g/mol. The van der Waals surface area contributed by atoms with E-state index in [0.29, 0.717) is 11.3 Å². The molecule has 2 unspecified atom stereocenters. The van der Waals surface area contributed by atoms with Crippen LogP contribution in [-0.2, 0) is 23.9 Å². The summed E-state index contributed by atoms with van der Waals surface area (Å²) in [5, 5.41) is 2.52. The number of nitrogens with zero attached hydrogens (tertiary/aromatic N) is 2. The van der Waals surface area contributed by atoms with Crippen LogP contribution in [0, 0.1) is 11.8 Å². The Labute approximate surface area is 284 Å². The van der Waals surface area contributed by atoms with Crippen molar-refractivity contribution in [3.05, 3.63) is 131 Å². The van der Waals surface area contributed by atoms with E-state index in [1.807, 2.05) is 0 Å². The quantitative estimate of drug-likeness (QED) is 0.156. The average Bonchev–Trinajstić information content (AvgIpc) is 3.20. The molecule has 1 heterocycles. The minimum Gasteiger partial charge on any atom is -0.386 e. The van der Waals surface area contributed by atoms with E-state index in [1.54, 1.807) is 78.9 Å². The Bertz CT molecular complexity index is 1960. The van der Waals surface area contributed by atoms with Crippen LogP contribution in [-0.4, -0.2) is 53.8 Å². The molecule has 13 heteroatoms. The number of ether oxygens (including phenoxy) is 1. The summed E-state index contributed by atoms with van der Waals surface area (Å²) in [6.07, 6.45) is -6.37. The topological polar surface area (TPSA) is 139 Å². The first-order valence-corrected chi connectivity index (χ1v) is 15.3. The molecule has 4 aromatic rings. The molecule has 10 nitrogen and oxygen atoms in total. The number of fused-ring (bicyclic) bond motifs is 1. The van der Waals surface area contributed by atoms with Gasteiger partial charge in [0.2, 0.25) is 0 Å². The summed E-state index contributed by atoms with van der Waals surface area (Å²) in [7, 11) is 0. The molecule has 254 valence electrons. The maximum absolute atomic E-state index is 15.0. The lowest BCUT2D eigenvalue weighted by atomic mass is 9.95. The molecule has 0 saturated carbocycles. The number of benzene rings is 4. The van der Waals surface area contributed by atoms with Gasteiger partial charge in [-0.3, -0.25) is 24.1 Å². The van der Waals surface area contributed by atoms with Gasteiger partial charge in [-0.05, 0) is 41.5 Å². The van der Waals surface area contributed by atoms with Crippen LogP contribution in [0.15, 0.2) is 109 Å². The van der Waals surface area contributed by atoms with Gasteiger partial charge in [0.05, 0.1) is 23.7 Å². The molecular weight excluding hydrogens is 653 g/mol. The molecule has 0 saturated heterocycles. The van der Waals surface area contributed by atoms with Gasteiger partial charge in [-0.15, -0.1) is 0 Å². The van der Waals surface area contributed by atoms with Gasteiger partial charge < -0.3 is 20.7 Å². The SMILES string of the molecule is NCCNC(=O)C#Cc1ccc2c(c1)C(=O)N(C(CC(=O)OC(=O)C(F)(F)F)c1ccccc1)C(c1ccccc1)C(=O)N2c1ccccc1. The minimum atomic E-state index is -5.45. The highest BCUT2D eigenvalue weighted by Crippen LogP contribution is 2.43. The predicted octanol–water partition coefficient (Wildman–Crippen LogP) is 4.74. The second kappa shape index (κ2) is 15.3. The van der Waals surface area contributed by atoms with E-state index in [2.05, 4.69) is 21.9 Å². The number of hydrogen-bond acceptors (Lipinski definition) is 7. The summed E-state index contributed by atoms with van der Waals surface area (Å²) in [6.45, 7) is 0.390. The van der Waals surface area contributed by atoms with Crippen molar-refractivity contribution in [1.29, 1.82) is 0 Å². The zero-order valence-electron chi connectivity index (χ0n) is 26.2. The fraction of sp³-hybridized carbons (Fsp3) is 0.162. The molecule has 2 atom stereocenters. The number of carbonyl (C=O) groups is 5. The Morgan fingerprint density at radius 3 is 2.12 bits per heavy atom. The second-order valence-corrected chi connectivity index (χ2v) is 11.0. The molecule has 4 aromatic carbocycles. The van der Waals surface area contributed by atoms with Crippen LogP contribution in [0.2, 0.25) is 0 Å². The van der Waals surface area contributed by atoms with Crippen molar-refractivity contribution in [2.75, 3.05) is 18.0 Å². The van der Waals surface area contributed by atoms with Crippen LogP contribution < -0.4 is 16.0 Å². The van der Waals surface area contributed by atoms with E-state index in [0.717, 1.165) is 4.90 Å². The van der Waals surface area contributed by atoms with Crippen molar-refractivity contribution in [1.82, 2.24) is 10.2 Å². The smallest absolute Gasteiger partial charge is 0.386 e. The number of para-hydroxylation sites is 1. The standard InChI is InChI=1S/C37H29F3N4O6/c38-37(39,40)36(49)50-32(46)23-30(25-10-4-1-5-11-25)44-33(26-12-6-2-7-13-26)35(48)43(27-14-8-3-9-15-27)29-18-16-24(22-28(29)34(44)47)17-19-31(45)42-21-20-41/h1-16,18,22,30,33H,20-21,23,41H2,(H,42,45). The van der Waals surface area contributed by atoms with Crippen molar-refractivity contribution >= 4 is 41.0 Å². The normalized spacial score (nSPS) is 14.8. The van der Waals surface area contributed by atoms with Gasteiger partial charge in [-0.2, -0.15) is 13.2 Å². The summed E-state index contributed by atoms with van der Waals surface area (Å²) in [5.41, 5.74) is 6.74. The van der Waals surface area contributed by atoms with Crippen LogP contribution in [0.3, 0.4) is 0 Å². The molecule has 0 aliphatic carbocycles. The third-order valence-corrected chi connectivity index (χ3v) is 7.63. The van der Waals surface area contributed by atoms with Crippen LogP contribution in [0.25, 0.3) is 0 Å². The number of rotatable bonds is 8. The van der Waals surface area contributed by atoms with Crippen LogP contribution in [0.5, 0.6) is 0 Å². The first kappa shape index (κ1) is 35.1. The fourth-order valence-electron chi connectivity index (χ4n) is 5.47. The largest absolute Gasteiger partial charge is 0.491 e. The number of halogens is 3. The van der Waals surface area contributed by atoms with Crippen LogP contribution in [0.1, 0.15) is 45.6 Å². The van der Waals surface area contributed by atoms with Crippen LogP contribution in [0.4, 0.5) is 24.5 Å². The molecule has 1 aliphatic rings. The average molecular weight is 683 g/mol. The Balaban J connectivity index is 1.73. The number of esters is 2. The Kier molecular flexibility index (Phi) is 10.7. The molecule has 0 radical (unpaired) electrons. The van der Waals surface area contributed by atoms with Gasteiger partial charge in [0.15, 0.2) is 0 Å². The zero-order valence-corrected chi connectivity index (χ0v) is 26.2. The number of anilines is 2. The number of hydrogen-bond donors (Lipinski definition) is 2. The maximum Gasteiger partial charge on any atom is 0.491 e. The maximum atomic E-state index is 15.0. The lowest BCUT2D eigenvalue weighted by molar-refractivity contribution is -0.202. The van der Waals surface area contributed by atoms with Crippen molar-refractivity contribution in [3.63, 3.8) is 0 Å². The van der Waals surface area contributed by atoms with Crippen molar-refractivity contribution < 1.29 is 41.9 Å². The van der Waals surface area contributed by atoms with Gasteiger partial charge >= 0.3 is 18.1 Å². The fourth-order valence-corrected chi connectivity index (χ4v) is 5.47. The molecule has 0 bridgehead atoms. The highest BCUT2D eigenvalue weighted by Gasteiger charge is 2.47. The number of amides is 3. The molecule has 0 fully saturated rings. The number of nitrogens with two attached hydrogens (primary N) is 1. The Morgan fingerprint density at radius 2 is 1.50 bits per heavy atom. The number of carbonyl (C=O) groups excluding carboxylic acids is 5. The number of alkyl halides is 3. The van der Waals surface area contributed by atoms with E-state index in [4.69, 9.17) is 5.73 Å². The number of nitrogens with one attached hydrogen (secondary N) is 1. The van der Waals surface area contributed by atoms with Gasteiger partial charge in [-0.25, -0.2) is 4.79 Å². The van der Waals surface area contributed by atoms with E-state index in [1.165, 1.54) is 35.2 Å². The Morgan fingerprint density at radius 1 is 0.880 bits per heavy atom. The molecule has 0 spiro atoms. The first-order chi connectivity index (χ1) is 24.0. The van der Waals surface area contributed by atoms with E-state index < -0.39 is 54.3 Å². The van der Waals surface area contributed by atoms with Gasteiger partial charge in [0.25, 0.3) is 17.7 Å². The summed E-state index contributed by atoms with van der Waals surface area (Å²) >= 11 is 0. The highest BCUT2D eigenvalue weighted by atomic mass is 19.4. The summed E-state index contributed by atoms with van der Waals surface area (Å²) in [6, 6.07) is 26.1. The van der Waals surface area contributed by atoms with Crippen LogP contribution >= 0.6 is 0 Å². The van der Waals surface area contributed by atoms with E-state index in [-0.39, 0.29) is 35.5 Å². The molecule has 5 rings (SSSR count). The van der Waals surface area contributed by atoms with Gasteiger partial charge in [-0.1, -0.05) is 84.8 Å². The van der Waals surface area contributed by atoms with Gasteiger partial charge in [0, 0.05) is 30.3 Å². The lowest BCUT2D eigenvalue weighted by Gasteiger charge is -2.37. The molecule has 3 N–H and O–H groups in total. The zero-order chi connectivity index (χ0) is 35.8. The third kappa shape index (κ3) is 7.88. The predicted molar refractivity (Wildman–Crippen MR) is 175 cm³/mol. The lowest BCUT2D eigenvalue weighted by Crippen LogP contribution is -2.44. The second-order valence-electron chi connectivity index (χ2n) is 11.0. The Hall–Kier alpha value is -6.26. The van der Waals surface area contributed by atoms with Crippen molar-refractivity contribution in [3.8, 4) is 11.8 Å². The summed E-state index contributed by atoms with van der Waals surface area (Å²) in [5.74, 6) is -1.19. The van der Waals surface area contributed by atoms with E-state index in [9.17, 15) is 37.1 Å². The highest BCUT2D eigenvalue weighted by molar-refractivity contribution is 6.15. The molecule has 1 aliphatic heterocycles. The van der Waals surface area contributed by atoms with E-state index >= 15 is 0 Å². The van der Waals surface area contributed by atoms with Gasteiger partial charge in [0.1, 0.15) is 6.04 Å². The minimum absolute atomic E-state index is 0.0598.